The van der Waals surface area contributed by atoms with Crippen LogP contribution in [0.3, 0.4) is 0 Å². The lowest BCUT2D eigenvalue weighted by Gasteiger charge is -2.26. The van der Waals surface area contributed by atoms with Gasteiger partial charge in [0.2, 0.25) is 0 Å². The SMILES string of the molecule is Nc1cc(F)ccc1SCCN1CCNCC1. The van der Waals surface area contributed by atoms with Crippen LogP contribution in [0.2, 0.25) is 0 Å². The number of hydrogen-bond acceptors (Lipinski definition) is 4. The van der Waals surface area contributed by atoms with Crippen LogP contribution < -0.4 is 11.1 Å². The van der Waals surface area contributed by atoms with Crippen molar-refractivity contribution < 1.29 is 4.39 Å². The first-order valence-electron chi connectivity index (χ1n) is 5.86. The summed E-state index contributed by atoms with van der Waals surface area (Å²) in [6.07, 6.45) is 0. The standard InChI is InChI=1S/C12H18FN3S/c13-10-1-2-12(11(14)9-10)17-8-7-16-5-3-15-4-6-16/h1-2,9,15H,3-8,14H2. The van der Waals surface area contributed by atoms with Gasteiger partial charge in [-0.3, -0.25) is 4.90 Å². The average molecular weight is 255 g/mol. The predicted octanol–water partition coefficient (Wildman–Crippen LogP) is 1.41. The van der Waals surface area contributed by atoms with Gasteiger partial charge in [-0.1, -0.05) is 0 Å². The van der Waals surface area contributed by atoms with E-state index in [0.29, 0.717) is 5.69 Å². The van der Waals surface area contributed by atoms with Gasteiger partial charge in [0.1, 0.15) is 5.82 Å². The minimum Gasteiger partial charge on any atom is -0.398 e. The molecule has 0 aromatic heterocycles. The molecule has 5 heteroatoms. The smallest absolute Gasteiger partial charge is 0.125 e. The largest absolute Gasteiger partial charge is 0.398 e. The predicted molar refractivity (Wildman–Crippen MR) is 70.8 cm³/mol. The number of hydrogen-bond donors (Lipinski definition) is 2. The van der Waals surface area contributed by atoms with Gasteiger partial charge in [0.25, 0.3) is 0 Å². The summed E-state index contributed by atoms with van der Waals surface area (Å²) in [5, 5.41) is 3.33. The molecule has 1 saturated heterocycles. The van der Waals surface area contributed by atoms with E-state index in [-0.39, 0.29) is 5.82 Å². The number of thioether (sulfide) groups is 1. The Hall–Kier alpha value is -0.780. The number of halogens is 1. The Morgan fingerprint density at radius 2 is 2.12 bits per heavy atom. The molecule has 0 amide bonds. The normalized spacial score (nSPS) is 17.2. The minimum absolute atomic E-state index is 0.269. The Balaban J connectivity index is 1.77. The van der Waals surface area contributed by atoms with E-state index < -0.39 is 0 Å². The minimum atomic E-state index is -0.269. The van der Waals surface area contributed by atoms with Gasteiger partial charge in [-0.2, -0.15) is 0 Å². The molecule has 0 saturated carbocycles. The molecule has 1 heterocycles. The third-order valence-electron chi connectivity index (χ3n) is 2.85. The molecule has 0 atom stereocenters. The number of nitrogen functional groups attached to an aromatic ring is 1. The summed E-state index contributed by atoms with van der Waals surface area (Å²) in [7, 11) is 0. The van der Waals surface area contributed by atoms with Crippen molar-refractivity contribution in [2.24, 2.45) is 0 Å². The fraction of sp³-hybridized carbons (Fsp3) is 0.500. The average Bonchev–Trinajstić information content (AvgIpc) is 2.33. The van der Waals surface area contributed by atoms with E-state index in [2.05, 4.69) is 10.2 Å². The Morgan fingerprint density at radius 1 is 1.35 bits per heavy atom. The van der Waals surface area contributed by atoms with E-state index in [0.717, 1.165) is 43.4 Å². The van der Waals surface area contributed by atoms with Crippen LogP contribution in [-0.4, -0.2) is 43.4 Å². The summed E-state index contributed by atoms with van der Waals surface area (Å²) >= 11 is 1.70. The summed E-state index contributed by atoms with van der Waals surface area (Å²) < 4.78 is 12.9. The second-order valence-corrected chi connectivity index (χ2v) is 5.26. The molecule has 0 aliphatic carbocycles. The lowest BCUT2D eigenvalue weighted by Crippen LogP contribution is -2.44. The molecule has 2 rings (SSSR count). The number of benzene rings is 1. The maximum atomic E-state index is 12.9. The van der Waals surface area contributed by atoms with E-state index in [1.54, 1.807) is 17.8 Å². The summed E-state index contributed by atoms with van der Waals surface area (Å²) in [4.78, 5) is 3.41. The number of nitrogens with one attached hydrogen (secondary N) is 1. The second kappa shape index (κ2) is 6.23. The Kier molecular flexibility index (Phi) is 4.65. The molecular formula is C12H18FN3S. The lowest BCUT2D eigenvalue weighted by atomic mass is 10.3. The van der Waals surface area contributed by atoms with Crippen molar-refractivity contribution in [3.63, 3.8) is 0 Å². The molecule has 1 aliphatic heterocycles. The molecule has 1 aromatic rings. The van der Waals surface area contributed by atoms with Crippen molar-refractivity contribution in [2.45, 2.75) is 4.90 Å². The zero-order chi connectivity index (χ0) is 12.1. The van der Waals surface area contributed by atoms with Gasteiger partial charge >= 0.3 is 0 Å². The van der Waals surface area contributed by atoms with Gasteiger partial charge in [-0.05, 0) is 18.2 Å². The molecule has 1 aromatic carbocycles. The van der Waals surface area contributed by atoms with Crippen LogP contribution in [0.15, 0.2) is 23.1 Å². The van der Waals surface area contributed by atoms with Crippen molar-refractivity contribution in [1.82, 2.24) is 10.2 Å². The van der Waals surface area contributed by atoms with Crippen LogP contribution in [0.4, 0.5) is 10.1 Å². The molecule has 3 nitrogen and oxygen atoms in total. The van der Waals surface area contributed by atoms with Crippen molar-refractivity contribution in [3.05, 3.63) is 24.0 Å². The van der Waals surface area contributed by atoms with Crippen molar-refractivity contribution in [2.75, 3.05) is 44.2 Å². The molecule has 0 bridgehead atoms. The van der Waals surface area contributed by atoms with Gasteiger partial charge in [0.15, 0.2) is 0 Å². The van der Waals surface area contributed by atoms with Gasteiger partial charge in [0.05, 0.1) is 0 Å². The monoisotopic (exact) mass is 255 g/mol. The lowest BCUT2D eigenvalue weighted by molar-refractivity contribution is 0.255. The van der Waals surface area contributed by atoms with E-state index in [1.165, 1.54) is 12.1 Å². The van der Waals surface area contributed by atoms with Crippen LogP contribution >= 0.6 is 11.8 Å². The molecule has 3 N–H and O–H groups in total. The second-order valence-electron chi connectivity index (χ2n) is 4.12. The Bertz CT molecular complexity index is 367. The van der Waals surface area contributed by atoms with E-state index >= 15 is 0 Å². The molecule has 0 unspecified atom stereocenters. The highest BCUT2D eigenvalue weighted by Crippen LogP contribution is 2.25. The Morgan fingerprint density at radius 3 is 2.82 bits per heavy atom. The molecule has 0 radical (unpaired) electrons. The third-order valence-corrected chi connectivity index (χ3v) is 3.92. The molecule has 1 aliphatic rings. The van der Waals surface area contributed by atoms with Crippen LogP contribution in [0.5, 0.6) is 0 Å². The van der Waals surface area contributed by atoms with Crippen molar-refractivity contribution >= 4 is 17.4 Å². The van der Waals surface area contributed by atoms with Gasteiger partial charge in [-0.15, -0.1) is 11.8 Å². The first-order valence-corrected chi connectivity index (χ1v) is 6.85. The Labute approximate surface area is 106 Å². The number of nitrogens with two attached hydrogens (primary N) is 1. The summed E-state index contributed by atoms with van der Waals surface area (Å²) in [6.45, 7) is 5.43. The van der Waals surface area contributed by atoms with Crippen LogP contribution in [0.25, 0.3) is 0 Å². The quantitative estimate of drug-likeness (QED) is 0.630. The summed E-state index contributed by atoms with van der Waals surface area (Å²) in [6, 6.07) is 4.60. The molecule has 17 heavy (non-hydrogen) atoms. The molecule has 1 fully saturated rings. The fourth-order valence-corrected chi connectivity index (χ4v) is 2.83. The highest BCUT2D eigenvalue weighted by atomic mass is 32.2. The number of nitrogens with zero attached hydrogens (tertiary/aromatic N) is 1. The summed E-state index contributed by atoms with van der Waals surface area (Å²) in [5.41, 5.74) is 6.29. The number of rotatable bonds is 4. The highest BCUT2D eigenvalue weighted by molar-refractivity contribution is 7.99. The first kappa shape index (κ1) is 12.7. The van der Waals surface area contributed by atoms with Gasteiger partial charge in [-0.25, -0.2) is 4.39 Å². The topological polar surface area (TPSA) is 41.3 Å². The maximum absolute atomic E-state index is 12.9. The van der Waals surface area contributed by atoms with Gasteiger partial charge < -0.3 is 11.1 Å². The zero-order valence-corrected chi connectivity index (χ0v) is 10.6. The van der Waals surface area contributed by atoms with Gasteiger partial charge in [0, 0.05) is 49.1 Å². The molecule has 0 spiro atoms. The van der Waals surface area contributed by atoms with E-state index in [4.69, 9.17) is 5.73 Å². The third kappa shape index (κ3) is 3.87. The van der Waals surface area contributed by atoms with Crippen LogP contribution in [0, 0.1) is 5.82 Å². The summed E-state index contributed by atoms with van der Waals surface area (Å²) in [5.74, 6) is 0.726. The zero-order valence-electron chi connectivity index (χ0n) is 9.79. The fourth-order valence-electron chi connectivity index (χ4n) is 1.87. The molecule has 94 valence electrons. The number of piperazine rings is 1. The molecular weight excluding hydrogens is 237 g/mol. The van der Waals surface area contributed by atoms with Crippen LogP contribution in [0.1, 0.15) is 0 Å². The number of anilines is 1. The van der Waals surface area contributed by atoms with Crippen LogP contribution in [-0.2, 0) is 0 Å². The first-order chi connectivity index (χ1) is 8.25. The van der Waals surface area contributed by atoms with E-state index in [9.17, 15) is 4.39 Å². The van der Waals surface area contributed by atoms with Crippen molar-refractivity contribution in [1.29, 1.82) is 0 Å². The maximum Gasteiger partial charge on any atom is 0.125 e. The highest BCUT2D eigenvalue weighted by Gasteiger charge is 2.09. The van der Waals surface area contributed by atoms with E-state index in [1.807, 2.05) is 0 Å². The van der Waals surface area contributed by atoms with Crippen molar-refractivity contribution in [3.8, 4) is 0 Å².